The summed E-state index contributed by atoms with van der Waals surface area (Å²) in [6.45, 7) is 11.1. The summed E-state index contributed by atoms with van der Waals surface area (Å²) in [5.74, 6) is 0. The second-order valence-electron chi connectivity index (χ2n) is 7.93. The second kappa shape index (κ2) is 12.0. The molecule has 0 amide bonds. The van der Waals surface area contributed by atoms with Gasteiger partial charge in [0.2, 0.25) is 0 Å². The van der Waals surface area contributed by atoms with Crippen molar-refractivity contribution in [2.75, 3.05) is 0 Å². The van der Waals surface area contributed by atoms with E-state index in [-0.39, 0.29) is 5.30 Å². The van der Waals surface area contributed by atoms with Gasteiger partial charge in [-0.25, -0.2) is 0 Å². The zero-order chi connectivity index (χ0) is 20.5. The predicted molar refractivity (Wildman–Crippen MR) is 121 cm³/mol. The molecule has 27 heavy (non-hydrogen) atoms. The number of unbranched alkanes of at least 4 members (excludes halogenated alkanes) is 3. The van der Waals surface area contributed by atoms with Crippen molar-refractivity contribution in [3.05, 3.63) is 23.3 Å². The fourth-order valence-electron chi connectivity index (χ4n) is 4.57. The van der Waals surface area contributed by atoms with Crippen LogP contribution < -0.4 is 8.88 Å². The first-order chi connectivity index (χ1) is 12.8. The van der Waals surface area contributed by atoms with E-state index in [1.165, 1.54) is 57.4 Å². The summed E-state index contributed by atoms with van der Waals surface area (Å²) in [5, 5.41) is 0.271. The molecule has 0 heterocycles. The first-order valence-corrected chi connectivity index (χ1v) is 20.1. The average molecular weight is 503 g/mol. The van der Waals surface area contributed by atoms with E-state index in [4.69, 9.17) is 0 Å². The van der Waals surface area contributed by atoms with E-state index < -0.39 is 26.0 Å². The molecule has 156 valence electrons. The third-order valence-corrected chi connectivity index (χ3v) is 22.9. The van der Waals surface area contributed by atoms with Gasteiger partial charge in [-0.05, 0) is 0 Å². The number of hydrogen-bond donors (Lipinski definition) is 2. The molecule has 0 bridgehead atoms. The normalized spacial score (nSPS) is 12.6. The number of rotatable bonds is 13. The van der Waals surface area contributed by atoms with Crippen LogP contribution in [0.1, 0.15) is 84.3 Å². The molecule has 0 unspecified atom stereocenters. The quantitative estimate of drug-likeness (QED) is 0.270. The zero-order valence-corrected chi connectivity index (χ0v) is 21.9. The maximum atomic E-state index is 12.1. The van der Waals surface area contributed by atoms with Crippen LogP contribution in [0.2, 0.25) is 13.3 Å². The Bertz CT molecular complexity index is 602. The van der Waals surface area contributed by atoms with Crippen molar-refractivity contribution in [1.29, 1.82) is 0 Å². The van der Waals surface area contributed by atoms with Gasteiger partial charge < -0.3 is 0 Å². The SMILES string of the molecule is CCC[CH2][Sn]([CH2]CCC)([CH2]CCC)[c]1ccc(P(=O)(O)O)c(CC)c1CC. The monoisotopic (exact) mass is 504 g/mol. The molecule has 0 aliphatic heterocycles. The number of hydrogen-bond acceptors (Lipinski definition) is 1. The summed E-state index contributed by atoms with van der Waals surface area (Å²) < 4.78 is 17.8. The van der Waals surface area contributed by atoms with E-state index in [9.17, 15) is 14.4 Å². The minimum absolute atomic E-state index is 0.271. The molecule has 1 aromatic rings. The number of benzene rings is 1. The molecular weight excluding hydrogens is 462 g/mol. The topological polar surface area (TPSA) is 57.5 Å². The van der Waals surface area contributed by atoms with Gasteiger partial charge in [-0.3, -0.25) is 0 Å². The predicted octanol–water partition coefficient (Wildman–Crippen LogP) is 5.67. The molecule has 0 aromatic heterocycles. The van der Waals surface area contributed by atoms with Crippen LogP contribution in [0, 0.1) is 0 Å². The fourth-order valence-corrected chi connectivity index (χ4v) is 22.8. The van der Waals surface area contributed by atoms with Crippen molar-refractivity contribution >= 4 is 34.9 Å². The molecule has 0 fully saturated rings. The molecule has 0 radical (unpaired) electrons. The third kappa shape index (κ3) is 6.59. The summed E-state index contributed by atoms with van der Waals surface area (Å²) in [6, 6.07) is 3.94. The van der Waals surface area contributed by atoms with E-state index in [2.05, 4.69) is 33.8 Å². The van der Waals surface area contributed by atoms with Crippen LogP contribution in [0.25, 0.3) is 0 Å². The Morgan fingerprint density at radius 2 is 1.22 bits per heavy atom. The summed E-state index contributed by atoms with van der Waals surface area (Å²) in [7, 11) is -4.22. The van der Waals surface area contributed by atoms with Crippen LogP contribution in [0.5, 0.6) is 0 Å². The second-order valence-corrected chi connectivity index (χ2v) is 22.6. The third-order valence-electron chi connectivity index (χ3n) is 6.03. The van der Waals surface area contributed by atoms with Crippen molar-refractivity contribution in [2.45, 2.75) is 99.3 Å². The Balaban J connectivity index is 3.64. The molecule has 2 N–H and O–H groups in total. The van der Waals surface area contributed by atoms with Crippen LogP contribution in [0.3, 0.4) is 0 Å². The van der Waals surface area contributed by atoms with E-state index in [1.54, 1.807) is 9.65 Å². The first-order valence-electron chi connectivity index (χ1n) is 11.0. The van der Waals surface area contributed by atoms with E-state index in [0.29, 0.717) is 6.42 Å². The molecule has 0 atom stereocenters. The Labute approximate surface area is 171 Å². The Morgan fingerprint density at radius 1 is 0.778 bits per heavy atom. The molecular formula is C22H41O3PSn. The summed E-state index contributed by atoms with van der Waals surface area (Å²) in [6.07, 6.45) is 9.19. The molecule has 0 aliphatic rings. The minimum atomic E-state index is -4.22. The van der Waals surface area contributed by atoms with Gasteiger partial charge in [-0.15, -0.1) is 0 Å². The summed E-state index contributed by atoms with van der Waals surface area (Å²) >= 11 is -2.62. The van der Waals surface area contributed by atoms with Crippen molar-refractivity contribution in [3.8, 4) is 0 Å². The molecule has 5 heteroatoms. The van der Waals surface area contributed by atoms with Gasteiger partial charge in [-0.2, -0.15) is 0 Å². The maximum absolute atomic E-state index is 12.1. The van der Waals surface area contributed by atoms with Gasteiger partial charge in [0, 0.05) is 0 Å². The summed E-state index contributed by atoms with van der Waals surface area (Å²) in [5.41, 5.74) is 2.23. The van der Waals surface area contributed by atoms with Gasteiger partial charge >= 0.3 is 172 Å². The standard InChI is InChI=1S/C10H14O3P.3C4H9.Sn/c1-3-8-6-5-7-10(9(8)4-2)14(11,12)13;3*1-3-4-2;/h5,7H,3-4H2,1-2H3,(H2,11,12,13);3*1,3-4H2,2H3;. The molecule has 1 rings (SSSR count). The average Bonchev–Trinajstić information content (AvgIpc) is 2.65. The van der Waals surface area contributed by atoms with Gasteiger partial charge in [0.05, 0.1) is 0 Å². The fraction of sp³-hybridized carbons (Fsp3) is 0.727. The van der Waals surface area contributed by atoms with Crippen molar-refractivity contribution in [3.63, 3.8) is 0 Å². The van der Waals surface area contributed by atoms with Gasteiger partial charge in [-0.1, -0.05) is 0 Å². The Hall–Kier alpha value is 0.169. The molecule has 0 spiro atoms. The van der Waals surface area contributed by atoms with E-state index in [0.717, 1.165) is 12.0 Å². The Kier molecular flexibility index (Phi) is 11.2. The van der Waals surface area contributed by atoms with Crippen LogP contribution >= 0.6 is 7.60 Å². The molecule has 1 aromatic carbocycles. The zero-order valence-electron chi connectivity index (χ0n) is 18.2. The molecule has 0 aliphatic carbocycles. The van der Waals surface area contributed by atoms with Gasteiger partial charge in [0.25, 0.3) is 0 Å². The van der Waals surface area contributed by atoms with Crippen molar-refractivity contribution < 1.29 is 14.4 Å². The van der Waals surface area contributed by atoms with Gasteiger partial charge in [0.15, 0.2) is 0 Å². The van der Waals surface area contributed by atoms with Crippen molar-refractivity contribution in [2.24, 2.45) is 0 Å². The van der Waals surface area contributed by atoms with E-state index >= 15 is 0 Å². The van der Waals surface area contributed by atoms with Crippen LogP contribution in [0.4, 0.5) is 0 Å². The van der Waals surface area contributed by atoms with Crippen LogP contribution in [-0.4, -0.2) is 28.2 Å². The van der Waals surface area contributed by atoms with Crippen LogP contribution in [0.15, 0.2) is 12.1 Å². The van der Waals surface area contributed by atoms with Crippen LogP contribution in [-0.2, 0) is 17.4 Å². The first kappa shape index (κ1) is 25.2. The van der Waals surface area contributed by atoms with Gasteiger partial charge in [0.1, 0.15) is 0 Å². The molecule has 0 saturated carbocycles. The molecule has 0 saturated heterocycles. The van der Waals surface area contributed by atoms with Crippen molar-refractivity contribution in [1.82, 2.24) is 0 Å². The summed E-state index contributed by atoms with van der Waals surface area (Å²) in [4.78, 5) is 19.7. The van der Waals surface area contributed by atoms with E-state index in [1.807, 2.05) is 6.92 Å². The molecule has 3 nitrogen and oxygen atoms in total. The Morgan fingerprint density at radius 3 is 1.56 bits per heavy atom.